The lowest BCUT2D eigenvalue weighted by Gasteiger charge is -2.47. The normalized spacial score (nSPS) is 17.7. The summed E-state index contributed by atoms with van der Waals surface area (Å²) in [5.41, 5.74) is 6.68. The molecular formula is C35H28N4O2S. The summed E-state index contributed by atoms with van der Waals surface area (Å²) in [7, 11) is 0. The molecule has 0 aromatic heterocycles. The smallest absolute Gasteiger partial charge is 0.365 e. The summed E-state index contributed by atoms with van der Waals surface area (Å²) in [5.74, 6) is -0.453. The molecule has 6 nitrogen and oxygen atoms in total. The molecule has 0 aliphatic carbocycles. The number of anilines is 2. The summed E-state index contributed by atoms with van der Waals surface area (Å²) >= 11 is 1.36. The standard InChI is InChI=1S/C35H28N4O2S/c1-3-41-34(40)33-37-39(27-22-20-24(2)21-23-27)35(42-33)31-19-10-9-17-30(31)32(36-38(35)26-14-5-4-6-15-26)29-18-11-13-25-12-7-8-16-28(25)29/h4-23H,3H2,1-2H3/t35-/m1/s1. The number of nitrogens with zero attached hydrogens (tertiary/aromatic N) is 4. The number of esters is 1. The molecule has 2 aliphatic rings. The third kappa shape index (κ3) is 4.16. The van der Waals surface area contributed by atoms with Gasteiger partial charge in [-0.3, -0.25) is 0 Å². The van der Waals surface area contributed by atoms with E-state index in [0.717, 1.165) is 50.1 Å². The van der Waals surface area contributed by atoms with Crippen LogP contribution in [0.5, 0.6) is 0 Å². The highest BCUT2D eigenvalue weighted by Gasteiger charge is 2.56. The Balaban J connectivity index is 1.53. The second-order valence-corrected chi connectivity index (χ2v) is 11.3. The summed E-state index contributed by atoms with van der Waals surface area (Å²) in [6, 6.07) is 41.2. The summed E-state index contributed by atoms with van der Waals surface area (Å²) in [5, 5.41) is 16.8. The predicted octanol–water partition coefficient (Wildman–Crippen LogP) is 7.66. The van der Waals surface area contributed by atoms with Gasteiger partial charge in [0.1, 0.15) is 0 Å². The van der Waals surface area contributed by atoms with Gasteiger partial charge in [-0.25, -0.2) is 14.8 Å². The van der Waals surface area contributed by atoms with Gasteiger partial charge in [0, 0.05) is 16.7 Å². The second-order valence-electron chi connectivity index (χ2n) is 10.2. The topological polar surface area (TPSA) is 57.5 Å². The van der Waals surface area contributed by atoms with E-state index >= 15 is 0 Å². The first-order valence-corrected chi connectivity index (χ1v) is 14.8. The number of hydrogen-bond donors (Lipinski definition) is 0. The number of carbonyl (C=O) groups excluding carboxylic acids is 1. The largest absolute Gasteiger partial charge is 0.461 e. The third-order valence-corrected chi connectivity index (χ3v) is 8.80. The van der Waals surface area contributed by atoms with Crippen LogP contribution in [0.25, 0.3) is 10.8 Å². The van der Waals surface area contributed by atoms with Crippen molar-refractivity contribution in [2.75, 3.05) is 16.6 Å². The van der Waals surface area contributed by atoms with E-state index in [1.54, 1.807) is 6.92 Å². The summed E-state index contributed by atoms with van der Waals surface area (Å²) in [4.78, 5) is 12.2. The van der Waals surface area contributed by atoms with Crippen molar-refractivity contribution >= 4 is 50.6 Å². The van der Waals surface area contributed by atoms with Crippen molar-refractivity contribution in [2.45, 2.75) is 18.8 Å². The van der Waals surface area contributed by atoms with E-state index in [4.69, 9.17) is 14.9 Å². The van der Waals surface area contributed by atoms with Crippen molar-refractivity contribution in [3.63, 3.8) is 0 Å². The molecule has 0 saturated heterocycles. The van der Waals surface area contributed by atoms with Gasteiger partial charge in [0.25, 0.3) is 0 Å². The molecule has 5 aromatic rings. The Labute approximate surface area is 248 Å². The number of rotatable bonds is 5. The molecule has 0 bridgehead atoms. The van der Waals surface area contributed by atoms with Gasteiger partial charge >= 0.3 is 5.97 Å². The van der Waals surface area contributed by atoms with Gasteiger partial charge in [0.2, 0.25) is 10.0 Å². The number of hydrazone groups is 2. The Morgan fingerprint density at radius 3 is 2.19 bits per heavy atom. The van der Waals surface area contributed by atoms with E-state index in [1.165, 1.54) is 11.8 Å². The first kappa shape index (κ1) is 26.0. The molecule has 2 heterocycles. The van der Waals surface area contributed by atoms with Gasteiger partial charge < -0.3 is 4.74 Å². The fourth-order valence-electron chi connectivity index (χ4n) is 5.60. The Morgan fingerprint density at radius 2 is 1.38 bits per heavy atom. The number of hydrogen-bond acceptors (Lipinski definition) is 7. The number of fused-ring (bicyclic) bond motifs is 3. The number of benzene rings is 5. The monoisotopic (exact) mass is 568 g/mol. The van der Waals surface area contributed by atoms with Gasteiger partial charge in [0.05, 0.1) is 23.7 Å². The molecule has 0 radical (unpaired) electrons. The molecular weight excluding hydrogens is 540 g/mol. The zero-order chi connectivity index (χ0) is 28.7. The van der Waals surface area contributed by atoms with Gasteiger partial charge in [0.15, 0.2) is 0 Å². The van der Waals surface area contributed by atoms with Gasteiger partial charge in [-0.2, -0.15) is 10.2 Å². The fraction of sp³-hybridized carbons (Fsp3) is 0.114. The van der Waals surface area contributed by atoms with Crippen molar-refractivity contribution in [1.82, 2.24) is 0 Å². The van der Waals surface area contributed by atoms with Crippen molar-refractivity contribution in [3.8, 4) is 0 Å². The molecule has 7 rings (SSSR count). The zero-order valence-electron chi connectivity index (χ0n) is 23.3. The Bertz CT molecular complexity index is 1860. The molecule has 1 spiro atoms. The van der Waals surface area contributed by atoms with Crippen molar-refractivity contribution in [1.29, 1.82) is 0 Å². The highest BCUT2D eigenvalue weighted by atomic mass is 32.2. The van der Waals surface area contributed by atoms with Crippen LogP contribution >= 0.6 is 11.8 Å². The van der Waals surface area contributed by atoms with Gasteiger partial charge in [-0.15, -0.1) is 0 Å². The van der Waals surface area contributed by atoms with Gasteiger partial charge in [-0.05, 0) is 60.6 Å². The van der Waals surface area contributed by atoms with Crippen LogP contribution in [-0.4, -0.2) is 23.3 Å². The molecule has 0 unspecified atom stereocenters. The summed E-state index contributed by atoms with van der Waals surface area (Å²) < 4.78 is 5.46. The minimum Gasteiger partial charge on any atom is -0.461 e. The lowest BCUT2D eigenvalue weighted by Crippen LogP contribution is -2.54. The quantitative estimate of drug-likeness (QED) is 0.204. The lowest BCUT2D eigenvalue weighted by molar-refractivity contribution is -0.134. The molecule has 0 fully saturated rings. The summed E-state index contributed by atoms with van der Waals surface area (Å²) in [6.45, 7) is 4.12. The molecule has 42 heavy (non-hydrogen) atoms. The molecule has 0 saturated carbocycles. The van der Waals surface area contributed by atoms with Crippen LogP contribution in [0, 0.1) is 6.92 Å². The molecule has 7 heteroatoms. The molecule has 206 valence electrons. The van der Waals surface area contributed by atoms with E-state index in [-0.39, 0.29) is 11.7 Å². The highest BCUT2D eigenvalue weighted by Crippen LogP contribution is 2.55. The van der Waals surface area contributed by atoms with Crippen LogP contribution < -0.4 is 10.0 Å². The van der Waals surface area contributed by atoms with Gasteiger partial charge in [-0.1, -0.05) is 103 Å². The molecule has 2 aliphatic heterocycles. The number of aryl methyl sites for hydroxylation is 1. The Kier molecular flexibility index (Phi) is 6.52. The van der Waals surface area contributed by atoms with Crippen molar-refractivity contribution in [2.24, 2.45) is 10.2 Å². The first-order valence-electron chi connectivity index (χ1n) is 13.9. The van der Waals surface area contributed by atoms with Crippen LogP contribution in [0.15, 0.2) is 132 Å². The number of ether oxygens (including phenoxy) is 1. The van der Waals surface area contributed by atoms with Crippen LogP contribution in [0.4, 0.5) is 11.4 Å². The van der Waals surface area contributed by atoms with Crippen molar-refractivity contribution in [3.05, 3.63) is 144 Å². The predicted molar refractivity (Wildman–Crippen MR) is 172 cm³/mol. The Hall–Kier alpha value is -4.88. The molecule has 5 aromatic carbocycles. The number of thioether (sulfide) groups is 1. The maximum atomic E-state index is 13.2. The number of para-hydroxylation sites is 1. The second kappa shape index (κ2) is 10.5. The molecule has 0 N–H and O–H groups in total. The Morgan fingerprint density at radius 1 is 0.738 bits per heavy atom. The van der Waals surface area contributed by atoms with Crippen LogP contribution in [0.3, 0.4) is 0 Å². The van der Waals surface area contributed by atoms with Crippen LogP contribution in [0.2, 0.25) is 0 Å². The van der Waals surface area contributed by atoms with E-state index in [0.29, 0.717) is 0 Å². The average molecular weight is 569 g/mol. The van der Waals surface area contributed by atoms with E-state index in [1.807, 2.05) is 64.6 Å². The average Bonchev–Trinajstić information content (AvgIpc) is 3.43. The SMILES string of the molecule is CCOC(=O)C1=NN(c2ccc(C)cc2)[C@@]2(S1)c1ccccc1C(c1cccc3ccccc13)=NN2c1ccccc1. The molecule has 1 atom stereocenters. The minimum atomic E-state index is -1.04. The number of carbonyl (C=O) groups is 1. The maximum absolute atomic E-state index is 13.2. The highest BCUT2D eigenvalue weighted by molar-refractivity contribution is 8.16. The molecule has 0 amide bonds. The van der Waals surface area contributed by atoms with E-state index in [9.17, 15) is 4.79 Å². The van der Waals surface area contributed by atoms with E-state index < -0.39 is 11.0 Å². The van der Waals surface area contributed by atoms with Crippen molar-refractivity contribution < 1.29 is 9.53 Å². The van der Waals surface area contributed by atoms with E-state index in [2.05, 4.69) is 73.7 Å². The zero-order valence-corrected chi connectivity index (χ0v) is 24.1. The first-order chi connectivity index (χ1) is 20.6. The van der Waals surface area contributed by atoms with Crippen LogP contribution in [0.1, 0.15) is 29.2 Å². The fourth-order valence-corrected chi connectivity index (χ4v) is 6.88. The lowest BCUT2D eigenvalue weighted by atomic mass is 9.91. The van der Waals surface area contributed by atoms with Crippen LogP contribution in [-0.2, 0) is 14.5 Å². The summed E-state index contributed by atoms with van der Waals surface area (Å²) in [6.07, 6.45) is 0. The third-order valence-electron chi connectivity index (χ3n) is 7.51. The maximum Gasteiger partial charge on any atom is 0.365 e. The minimum absolute atomic E-state index is 0.262.